The molecule has 0 bridgehead atoms. The second-order valence-corrected chi connectivity index (χ2v) is 8.74. The molecule has 0 saturated carbocycles. The molecule has 0 atom stereocenters. The highest BCUT2D eigenvalue weighted by atomic mass is 28.4. The maximum Gasteiger partial charge on any atom is 0.407 e. The molecule has 0 amide bonds. The maximum atomic E-state index is 11.5. The number of terminal acetylenes is 1. The average Bonchev–Trinajstić information content (AvgIpc) is 2.27. The first kappa shape index (κ1) is 16.6. The van der Waals surface area contributed by atoms with Crippen LogP contribution in [0.3, 0.4) is 0 Å². The smallest absolute Gasteiger partial charge is 0.407 e. The van der Waals surface area contributed by atoms with E-state index in [2.05, 4.69) is 10.7 Å². The van der Waals surface area contributed by atoms with Crippen LogP contribution in [-0.4, -0.2) is 32.1 Å². The summed E-state index contributed by atoms with van der Waals surface area (Å²) in [5, 5.41) is 0. The highest BCUT2D eigenvalue weighted by Gasteiger charge is 2.48. The van der Waals surface area contributed by atoms with Crippen molar-refractivity contribution in [2.75, 3.05) is 6.61 Å². The number of hydrogen-bond donors (Lipinski definition) is 0. The molecule has 0 rings (SSSR count). The van der Waals surface area contributed by atoms with Crippen molar-refractivity contribution in [1.82, 2.24) is 0 Å². The molecule has 0 aromatic heterocycles. The van der Waals surface area contributed by atoms with Gasteiger partial charge in [-0.2, -0.15) is 4.79 Å². The van der Waals surface area contributed by atoms with Gasteiger partial charge in [0.15, 0.2) is 0 Å². The van der Waals surface area contributed by atoms with Gasteiger partial charge < -0.3 is 14.4 Å². The maximum absolute atomic E-state index is 11.5. The van der Waals surface area contributed by atoms with Gasteiger partial charge in [-0.15, -0.1) is 12.3 Å². The summed E-state index contributed by atoms with van der Waals surface area (Å²) >= 11 is 0. The third-order valence-corrected chi connectivity index (χ3v) is 7.00. The molecule has 0 aromatic carbocycles. The molecule has 0 heterocycles. The van der Waals surface area contributed by atoms with Gasteiger partial charge in [-0.25, -0.2) is 4.79 Å². The van der Waals surface area contributed by atoms with Crippen molar-refractivity contribution in [3.8, 4) is 12.3 Å². The Labute approximate surface area is 109 Å². The normalized spacial score (nSPS) is 10.9. The Morgan fingerprint density at radius 1 is 1.44 bits per heavy atom. The van der Waals surface area contributed by atoms with E-state index in [1.807, 2.05) is 27.7 Å². The van der Waals surface area contributed by atoms with Crippen LogP contribution in [0.1, 0.15) is 34.1 Å². The molecule has 0 unspecified atom stereocenters. The molecular formula is C12H20N2O3Si. The second-order valence-electron chi connectivity index (χ2n) is 4.50. The fraction of sp³-hybridized carbons (Fsp3) is 0.667. The van der Waals surface area contributed by atoms with E-state index in [1.165, 1.54) is 0 Å². The van der Waals surface area contributed by atoms with Crippen molar-refractivity contribution in [3.63, 3.8) is 0 Å². The van der Waals surface area contributed by atoms with Crippen LogP contribution in [0.2, 0.25) is 11.1 Å². The fourth-order valence-corrected chi connectivity index (χ4v) is 5.08. The Bertz CT molecular complexity index is 360. The number of hydrogen-bond acceptors (Lipinski definition) is 3. The summed E-state index contributed by atoms with van der Waals surface area (Å²) in [5.74, 6) is 1.80. The van der Waals surface area contributed by atoms with Gasteiger partial charge in [-0.1, -0.05) is 27.7 Å². The summed E-state index contributed by atoms with van der Waals surface area (Å²) < 4.78 is 11.3. The van der Waals surface area contributed by atoms with E-state index in [4.69, 9.17) is 20.8 Å². The first-order valence-electron chi connectivity index (χ1n) is 5.88. The number of nitrogens with zero attached hydrogens (tertiary/aromatic N) is 2. The van der Waals surface area contributed by atoms with Crippen LogP contribution in [0.4, 0.5) is 0 Å². The molecule has 18 heavy (non-hydrogen) atoms. The van der Waals surface area contributed by atoms with Crippen LogP contribution in [0.15, 0.2) is 0 Å². The minimum absolute atomic E-state index is 0.0753. The molecule has 0 aliphatic carbocycles. The molecule has 0 saturated heterocycles. The fourth-order valence-electron chi connectivity index (χ4n) is 1.77. The van der Waals surface area contributed by atoms with Crippen molar-refractivity contribution in [3.05, 3.63) is 5.53 Å². The van der Waals surface area contributed by atoms with Crippen LogP contribution in [0, 0.1) is 12.3 Å². The highest BCUT2D eigenvalue weighted by molar-refractivity contribution is 6.72. The predicted octanol–water partition coefficient (Wildman–Crippen LogP) is 2.13. The summed E-state index contributed by atoms with van der Waals surface area (Å²) in [7, 11) is -2.74. The lowest BCUT2D eigenvalue weighted by molar-refractivity contribution is -0.133. The molecule has 0 radical (unpaired) electrons. The molecule has 0 fully saturated rings. The molecule has 100 valence electrons. The molecular weight excluding hydrogens is 248 g/mol. The Kier molecular flexibility index (Phi) is 7.21. The molecule has 0 spiro atoms. The van der Waals surface area contributed by atoms with Crippen molar-refractivity contribution in [2.45, 2.75) is 45.2 Å². The van der Waals surface area contributed by atoms with E-state index in [0.717, 1.165) is 6.21 Å². The quantitative estimate of drug-likeness (QED) is 0.177. The van der Waals surface area contributed by atoms with Gasteiger partial charge in [0.25, 0.3) is 0 Å². The van der Waals surface area contributed by atoms with Crippen LogP contribution in [0.5, 0.6) is 0 Å². The van der Waals surface area contributed by atoms with Crippen molar-refractivity contribution in [1.29, 1.82) is 0 Å². The Morgan fingerprint density at radius 2 is 2.00 bits per heavy atom. The van der Waals surface area contributed by atoms with E-state index in [9.17, 15) is 4.79 Å². The monoisotopic (exact) mass is 268 g/mol. The van der Waals surface area contributed by atoms with Gasteiger partial charge in [0, 0.05) is 24.1 Å². The zero-order valence-electron chi connectivity index (χ0n) is 11.3. The average molecular weight is 268 g/mol. The zero-order valence-corrected chi connectivity index (χ0v) is 12.3. The molecule has 0 aliphatic heterocycles. The summed E-state index contributed by atoms with van der Waals surface area (Å²) in [6, 6.07) is 0. The Balaban J connectivity index is 5.04. The van der Waals surface area contributed by atoms with Gasteiger partial charge >= 0.3 is 20.7 Å². The summed E-state index contributed by atoms with van der Waals surface area (Å²) in [4.78, 5) is 14.2. The second kappa shape index (κ2) is 7.83. The van der Waals surface area contributed by atoms with Gasteiger partial charge in [0.1, 0.15) is 0 Å². The predicted molar refractivity (Wildman–Crippen MR) is 71.1 cm³/mol. The van der Waals surface area contributed by atoms with Crippen molar-refractivity contribution >= 4 is 20.7 Å². The summed E-state index contributed by atoms with van der Waals surface area (Å²) in [5.41, 5.74) is 8.49. The molecule has 0 aliphatic rings. The molecule has 5 nitrogen and oxygen atoms in total. The Hall–Kier alpha value is -1.41. The van der Waals surface area contributed by atoms with E-state index >= 15 is 0 Å². The first-order valence-corrected chi connectivity index (χ1v) is 7.85. The minimum Gasteiger partial charge on any atom is -0.485 e. The number of carbonyl (C=O) groups is 1. The van der Waals surface area contributed by atoms with Gasteiger partial charge in [-0.3, -0.25) is 0 Å². The molecule has 6 heteroatoms. The van der Waals surface area contributed by atoms with Crippen LogP contribution in [-0.2, 0) is 13.6 Å². The van der Waals surface area contributed by atoms with Gasteiger partial charge in [-0.05, 0) is 0 Å². The standard InChI is InChI=1S/C12H20N2O3Si/c1-6-7-8-16-18(10(2)3,11(4)5)17-12(15)9-14-13/h1,9-11H,7-8H2,2-5H3. The Morgan fingerprint density at radius 3 is 2.39 bits per heavy atom. The highest BCUT2D eigenvalue weighted by Crippen LogP contribution is 2.34. The third kappa shape index (κ3) is 4.45. The SMILES string of the molecule is C#CCCO[Si](OC(=O)C=[N+]=[N-])(C(C)C)C(C)C. The van der Waals surface area contributed by atoms with Crippen LogP contribution < -0.4 is 0 Å². The minimum atomic E-state index is -2.74. The summed E-state index contributed by atoms with van der Waals surface area (Å²) in [6.07, 6.45) is 6.39. The van der Waals surface area contributed by atoms with E-state index < -0.39 is 14.5 Å². The lowest BCUT2D eigenvalue weighted by Crippen LogP contribution is -2.50. The number of rotatable bonds is 7. The largest absolute Gasteiger partial charge is 0.485 e. The van der Waals surface area contributed by atoms with Gasteiger partial charge in [0.2, 0.25) is 0 Å². The molecule has 0 aromatic rings. The van der Waals surface area contributed by atoms with E-state index in [-0.39, 0.29) is 11.1 Å². The van der Waals surface area contributed by atoms with E-state index in [0.29, 0.717) is 13.0 Å². The first-order chi connectivity index (χ1) is 8.40. The lowest BCUT2D eigenvalue weighted by Gasteiger charge is -2.35. The summed E-state index contributed by atoms with van der Waals surface area (Å²) in [6.45, 7) is 8.16. The molecule has 0 N–H and O–H groups in total. The topological polar surface area (TPSA) is 71.9 Å². The zero-order chi connectivity index (χ0) is 14.2. The van der Waals surface area contributed by atoms with Gasteiger partial charge in [0.05, 0.1) is 0 Å². The van der Waals surface area contributed by atoms with Crippen molar-refractivity contribution < 1.29 is 18.4 Å². The third-order valence-electron chi connectivity index (χ3n) is 2.61. The van der Waals surface area contributed by atoms with Crippen LogP contribution in [0.25, 0.3) is 5.53 Å². The van der Waals surface area contributed by atoms with Crippen molar-refractivity contribution in [2.24, 2.45) is 0 Å². The van der Waals surface area contributed by atoms with E-state index in [1.54, 1.807) is 0 Å². The number of carbonyl (C=O) groups excluding carboxylic acids is 1. The van der Waals surface area contributed by atoms with Crippen LogP contribution >= 0.6 is 0 Å². The lowest BCUT2D eigenvalue weighted by atomic mass is 10.5.